The summed E-state index contributed by atoms with van der Waals surface area (Å²) in [4.78, 5) is 0. The zero-order valence-corrected chi connectivity index (χ0v) is 12.5. The number of hydrogen-bond donors (Lipinski definition) is 0. The highest BCUT2D eigenvalue weighted by molar-refractivity contribution is 9.10. The third-order valence-corrected chi connectivity index (χ3v) is 4.42. The summed E-state index contributed by atoms with van der Waals surface area (Å²) >= 11 is 3.67. The van der Waals surface area contributed by atoms with Crippen LogP contribution in [-0.4, -0.2) is 0 Å². The van der Waals surface area contributed by atoms with E-state index in [1.807, 2.05) is 0 Å². The van der Waals surface area contributed by atoms with Crippen molar-refractivity contribution in [3.8, 4) is 11.1 Å². The second-order valence-corrected chi connectivity index (χ2v) is 5.85. The van der Waals surface area contributed by atoms with Gasteiger partial charge in [0.1, 0.15) is 0 Å². The Morgan fingerprint density at radius 3 is 2.11 bits per heavy atom. The van der Waals surface area contributed by atoms with E-state index >= 15 is 0 Å². The van der Waals surface area contributed by atoms with E-state index in [0.717, 1.165) is 0 Å². The van der Waals surface area contributed by atoms with Crippen LogP contribution in [0.15, 0.2) is 59.1 Å². The third-order valence-electron chi connectivity index (χ3n) is 3.73. The number of allylic oxidation sites excluding steroid dienone is 2. The van der Waals surface area contributed by atoms with Crippen molar-refractivity contribution in [1.82, 2.24) is 0 Å². The maximum atomic E-state index is 3.67. The van der Waals surface area contributed by atoms with Crippen LogP contribution < -0.4 is 0 Å². The van der Waals surface area contributed by atoms with E-state index in [1.165, 1.54) is 52.4 Å². The fraction of sp³-hybridized carbons (Fsp3) is 0.222. The van der Waals surface area contributed by atoms with Crippen LogP contribution in [-0.2, 0) is 0 Å². The third kappa shape index (κ3) is 2.66. The molecule has 0 saturated heterocycles. The minimum atomic E-state index is 1.17. The molecule has 0 amide bonds. The standard InChI is InChI=1S/C18H17Br/c19-18-13-7-6-12-17(18)16-11-5-4-10-15(16)14-8-2-1-3-9-14/h4-8,10-13H,1-3,9H2. The number of benzene rings is 2. The maximum Gasteiger partial charge on any atom is 0.0253 e. The molecule has 1 aliphatic carbocycles. The van der Waals surface area contributed by atoms with Crippen LogP contribution in [0.25, 0.3) is 16.7 Å². The normalized spacial score (nSPS) is 15.1. The molecule has 0 bridgehead atoms. The minimum absolute atomic E-state index is 1.17. The van der Waals surface area contributed by atoms with Crippen molar-refractivity contribution in [2.45, 2.75) is 25.7 Å². The predicted octanol–water partition coefficient (Wildman–Crippen LogP) is 6.07. The Morgan fingerprint density at radius 1 is 0.737 bits per heavy atom. The second-order valence-electron chi connectivity index (χ2n) is 5.00. The molecule has 0 radical (unpaired) electrons. The molecule has 2 aromatic rings. The minimum Gasteiger partial charge on any atom is -0.0807 e. The van der Waals surface area contributed by atoms with Gasteiger partial charge in [0.15, 0.2) is 0 Å². The lowest BCUT2D eigenvalue weighted by Gasteiger charge is -2.17. The summed E-state index contributed by atoms with van der Waals surface area (Å²) in [6.45, 7) is 0. The Kier molecular flexibility index (Phi) is 3.84. The first kappa shape index (κ1) is 12.7. The Hall–Kier alpha value is -1.34. The molecule has 0 nitrogen and oxygen atoms in total. The Balaban J connectivity index is 2.12. The molecule has 0 atom stereocenters. The first-order valence-corrected chi connectivity index (χ1v) is 7.69. The maximum absolute atomic E-state index is 3.67. The van der Waals surface area contributed by atoms with Gasteiger partial charge in [0.05, 0.1) is 0 Å². The van der Waals surface area contributed by atoms with Gasteiger partial charge in [0, 0.05) is 4.47 Å². The quantitative estimate of drug-likeness (QED) is 0.631. The van der Waals surface area contributed by atoms with Crippen LogP contribution in [0, 0.1) is 0 Å². The summed E-state index contributed by atoms with van der Waals surface area (Å²) in [6, 6.07) is 17.2. The molecule has 0 N–H and O–H groups in total. The number of halogens is 1. The van der Waals surface area contributed by atoms with E-state index in [9.17, 15) is 0 Å². The van der Waals surface area contributed by atoms with E-state index in [0.29, 0.717) is 0 Å². The van der Waals surface area contributed by atoms with Crippen molar-refractivity contribution < 1.29 is 0 Å². The van der Waals surface area contributed by atoms with E-state index in [-0.39, 0.29) is 0 Å². The van der Waals surface area contributed by atoms with E-state index in [4.69, 9.17) is 0 Å². The molecule has 0 fully saturated rings. The van der Waals surface area contributed by atoms with Crippen LogP contribution in [0.5, 0.6) is 0 Å². The topological polar surface area (TPSA) is 0 Å². The van der Waals surface area contributed by atoms with Gasteiger partial charge in [-0.25, -0.2) is 0 Å². The molecule has 0 spiro atoms. The molecule has 0 heterocycles. The Morgan fingerprint density at radius 2 is 1.42 bits per heavy atom. The molecular weight excluding hydrogens is 296 g/mol. The fourth-order valence-electron chi connectivity index (χ4n) is 2.76. The van der Waals surface area contributed by atoms with Crippen LogP contribution in [0.3, 0.4) is 0 Å². The summed E-state index contributed by atoms with van der Waals surface area (Å²) in [5.41, 5.74) is 5.53. The summed E-state index contributed by atoms with van der Waals surface area (Å²) < 4.78 is 1.17. The fourth-order valence-corrected chi connectivity index (χ4v) is 3.26. The smallest absolute Gasteiger partial charge is 0.0253 e. The van der Waals surface area contributed by atoms with E-state index in [2.05, 4.69) is 70.5 Å². The van der Waals surface area contributed by atoms with Gasteiger partial charge in [-0.15, -0.1) is 0 Å². The summed E-state index contributed by atoms with van der Waals surface area (Å²) in [5.74, 6) is 0. The molecule has 19 heavy (non-hydrogen) atoms. The molecule has 1 aliphatic rings. The molecule has 96 valence electrons. The van der Waals surface area contributed by atoms with Gasteiger partial charge in [0.2, 0.25) is 0 Å². The number of rotatable bonds is 2. The lowest BCUT2D eigenvalue weighted by Crippen LogP contribution is -1.94. The lowest BCUT2D eigenvalue weighted by atomic mass is 9.88. The molecule has 0 aromatic heterocycles. The van der Waals surface area contributed by atoms with Gasteiger partial charge < -0.3 is 0 Å². The molecule has 1 heteroatoms. The summed E-state index contributed by atoms with van der Waals surface area (Å²) in [6.07, 6.45) is 7.50. The van der Waals surface area contributed by atoms with Crippen LogP contribution in [0.2, 0.25) is 0 Å². The predicted molar refractivity (Wildman–Crippen MR) is 86.0 cm³/mol. The summed E-state index contributed by atoms with van der Waals surface area (Å²) in [5, 5.41) is 0. The first-order valence-electron chi connectivity index (χ1n) is 6.89. The molecule has 0 saturated carbocycles. The molecule has 3 rings (SSSR count). The van der Waals surface area contributed by atoms with Crippen molar-refractivity contribution in [3.63, 3.8) is 0 Å². The van der Waals surface area contributed by atoms with Gasteiger partial charge >= 0.3 is 0 Å². The highest BCUT2D eigenvalue weighted by Gasteiger charge is 2.12. The Labute approximate surface area is 123 Å². The first-order chi connectivity index (χ1) is 9.36. The van der Waals surface area contributed by atoms with Crippen LogP contribution in [0.4, 0.5) is 0 Å². The van der Waals surface area contributed by atoms with Crippen LogP contribution in [0.1, 0.15) is 31.2 Å². The number of hydrogen-bond acceptors (Lipinski definition) is 0. The van der Waals surface area contributed by atoms with Crippen molar-refractivity contribution in [3.05, 3.63) is 64.6 Å². The monoisotopic (exact) mass is 312 g/mol. The highest BCUT2D eigenvalue weighted by Crippen LogP contribution is 2.36. The van der Waals surface area contributed by atoms with Gasteiger partial charge in [-0.1, -0.05) is 64.5 Å². The summed E-state index contributed by atoms with van der Waals surface area (Å²) in [7, 11) is 0. The van der Waals surface area contributed by atoms with Crippen molar-refractivity contribution in [1.29, 1.82) is 0 Å². The molecule has 0 aliphatic heterocycles. The van der Waals surface area contributed by atoms with E-state index < -0.39 is 0 Å². The second kappa shape index (κ2) is 5.75. The van der Waals surface area contributed by atoms with E-state index in [1.54, 1.807) is 0 Å². The van der Waals surface area contributed by atoms with Gasteiger partial charge in [-0.2, -0.15) is 0 Å². The van der Waals surface area contributed by atoms with Gasteiger partial charge in [0.25, 0.3) is 0 Å². The van der Waals surface area contributed by atoms with Crippen molar-refractivity contribution in [2.75, 3.05) is 0 Å². The van der Waals surface area contributed by atoms with Gasteiger partial charge in [-0.05, 0) is 54.0 Å². The molecular formula is C18H17Br. The largest absolute Gasteiger partial charge is 0.0807 e. The lowest BCUT2D eigenvalue weighted by molar-refractivity contribution is 0.742. The van der Waals surface area contributed by atoms with Gasteiger partial charge in [-0.3, -0.25) is 0 Å². The zero-order chi connectivity index (χ0) is 13.1. The molecule has 2 aromatic carbocycles. The highest BCUT2D eigenvalue weighted by atomic mass is 79.9. The van der Waals surface area contributed by atoms with Crippen LogP contribution >= 0.6 is 15.9 Å². The molecule has 0 unspecified atom stereocenters. The van der Waals surface area contributed by atoms with Crippen molar-refractivity contribution in [2.24, 2.45) is 0 Å². The zero-order valence-electron chi connectivity index (χ0n) is 10.9. The average Bonchev–Trinajstić information content (AvgIpc) is 2.49. The average molecular weight is 313 g/mol. The SMILES string of the molecule is Brc1ccccc1-c1ccccc1C1=CCCCC1. The Bertz CT molecular complexity index is 611. The van der Waals surface area contributed by atoms with Crippen molar-refractivity contribution >= 4 is 21.5 Å².